The van der Waals surface area contributed by atoms with Crippen molar-refractivity contribution < 1.29 is 18.7 Å². The average Bonchev–Trinajstić information content (AvgIpc) is 2.89. The monoisotopic (exact) mass is 472 g/mol. The second-order valence-corrected chi connectivity index (χ2v) is 20.9. The van der Waals surface area contributed by atoms with Crippen LogP contribution in [0.4, 0.5) is 5.95 Å². The van der Waals surface area contributed by atoms with Gasteiger partial charge >= 0.3 is 5.69 Å². The fourth-order valence-electron chi connectivity index (χ4n) is 2.91. The highest BCUT2D eigenvalue weighted by atomic mass is 28.4. The van der Waals surface area contributed by atoms with E-state index in [1.807, 2.05) is 0 Å². The van der Waals surface area contributed by atoms with E-state index in [1.165, 1.54) is 10.9 Å². The quantitative estimate of drug-likeness (QED) is 0.606. The van der Waals surface area contributed by atoms with Crippen molar-refractivity contribution in [3.63, 3.8) is 0 Å². The molecular weight excluding hydrogens is 432 g/mol. The number of hydrogen-bond acceptors (Lipinski definition) is 8. The van der Waals surface area contributed by atoms with Gasteiger partial charge in [-0.3, -0.25) is 4.57 Å². The number of aliphatic hydroxyl groups excluding tert-OH is 1. The van der Waals surface area contributed by atoms with Gasteiger partial charge in [0.15, 0.2) is 22.9 Å². The lowest BCUT2D eigenvalue weighted by Crippen LogP contribution is -2.54. The number of rotatable bonds is 6. The summed E-state index contributed by atoms with van der Waals surface area (Å²) in [4.78, 5) is 20.3. The van der Waals surface area contributed by atoms with E-state index in [4.69, 9.17) is 19.3 Å². The summed E-state index contributed by atoms with van der Waals surface area (Å²) in [6, 6.07) is 0. The zero-order valence-electron chi connectivity index (χ0n) is 20.6. The van der Waals surface area contributed by atoms with E-state index in [2.05, 4.69) is 77.7 Å². The molecule has 11 heteroatoms. The maximum absolute atomic E-state index is 12.6. The molecule has 9 nitrogen and oxygen atoms in total. The molecular formula is C20H40N4O5Si2. The van der Waals surface area contributed by atoms with Crippen LogP contribution in [0.2, 0.25) is 36.3 Å². The molecule has 1 aliphatic heterocycles. The van der Waals surface area contributed by atoms with Crippen molar-refractivity contribution in [2.75, 3.05) is 12.3 Å². The zero-order chi connectivity index (χ0) is 24.0. The Labute approximate surface area is 187 Å². The Kier molecular flexibility index (Phi) is 7.31. The Bertz CT molecular complexity index is 832. The summed E-state index contributed by atoms with van der Waals surface area (Å²) in [6.07, 6.45) is -1.28. The Hall–Kier alpha value is -1.12. The van der Waals surface area contributed by atoms with Crippen molar-refractivity contribution in [1.82, 2.24) is 14.5 Å². The van der Waals surface area contributed by atoms with E-state index < -0.39 is 46.9 Å². The fraction of sp³-hybridized carbons (Fsp3) is 0.850. The molecule has 31 heavy (non-hydrogen) atoms. The fourth-order valence-corrected chi connectivity index (χ4v) is 5.52. The normalized spacial score (nSPS) is 25.8. The molecule has 2 heterocycles. The number of aromatic nitrogens is 3. The summed E-state index contributed by atoms with van der Waals surface area (Å²) in [5, 5.41) is 10.00. The first-order valence-corrected chi connectivity index (χ1v) is 16.6. The lowest BCUT2D eigenvalue weighted by atomic mass is 10.1. The molecule has 1 aromatic rings. The van der Waals surface area contributed by atoms with Crippen molar-refractivity contribution in [2.45, 2.75) is 102 Å². The van der Waals surface area contributed by atoms with E-state index in [9.17, 15) is 9.90 Å². The van der Waals surface area contributed by atoms with E-state index in [0.717, 1.165) is 0 Å². The maximum atomic E-state index is 12.6. The van der Waals surface area contributed by atoms with Crippen molar-refractivity contribution in [2.24, 2.45) is 0 Å². The standard InChI is InChI=1S/C20H40N4O5Si2/c1-19(2,3)30(7,8)28-14-13(11-25)27-16(24-12-22-17(21)23-18(24)26)15(14)29-31(9,10)20(4,5)6/h12-16,25H,11H2,1-10H3,(H2,21,23,26)/t13-,14-,15-,16-/m1/s1. The molecule has 1 aliphatic rings. The average molecular weight is 473 g/mol. The SMILES string of the molecule is CC(C)(C)[Si](C)(C)O[C@@H]1[C@H](O[Si](C)(C)C(C)(C)C)[C@@H](CO)O[C@H]1n1cnc(N)nc1=O. The summed E-state index contributed by atoms with van der Waals surface area (Å²) in [5.41, 5.74) is 4.99. The third-order valence-corrected chi connectivity index (χ3v) is 15.9. The first-order valence-electron chi connectivity index (χ1n) is 10.7. The molecule has 0 radical (unpaired) electrons. The number of aliphatic hydroxyl groups is 1. The van der Waals surface area contributed by atoms with Gasteiger partial charge in [-0.2, -0.15) is 4.98 Å². The van der Waals surface area contributed by atoms with E-state index in [0.29, 0.717) is 0 Å². The Balaban J connectivity index is 2.56. The molecule has 0 aliphatic carbocycles. The Morgan fingerprint density at radius 3 is 1.97 bits per heavy atom. The zero-order valence-corrected chi connectivity index (χ0v) is 22.6. The van der Waals surface area contributed by atoms with Crippen LogP contribution in [0.15, 0.2) is 11.1 Å². The number of ether oxygens (including phenoxy) is 1. The third-order valence-electron chi connectivity index (χ3n) is 6.96. The number of nitrogens with two attached hydrogens (primary N) is 1. The summed E-state index contributed by atoms with van der Waals surface area (Å²) in [5.74, 6) is -0.103. The lowest BCUT2D eigenvalue weighted by molar-refractivity contribution is -0.0533. The summed E-state index contributed by atoms with van der Waals surface area (Å²) in [6.45, 7) is 21.2. The van der Waals surface area contributed by atoms with Crippen molar-refractivity contribution in [1.29, 1.82) is 0 Å². The smallest absolute Gasteiger partial charge is 0.354 e. The van der Waals surface area contributed by atoms with Gasteiger partial charge in [0.05, 0.1) is 6.61 Å². The second-order valence-electron chi connectivity index (χ2n) is 11.3. The number of hydrogen-bond donors (Lipinski definition) is 2. The Morgan fingerprint density at radius 2 is 1.55 bits per heavy atom. The highest BCUT2D eigenvalue weighted by Gasteiger charge is 2.54. The second kappa shape index (κ2) is 8.67. The first kappa shape index (κ1) is 26.1. The molecule has 2 rings (SSSR count). The van der Waals surface area contributed by atoms with Crippen molar-refractivity contribution in [3.05, 3.63) is 16.8 Å². The van der Waals surface area contributed by atoms with Crippen molar-refractivity contribution in [3.8, 4) is 0 Å². The number of anilines is 1. The molecule has 1 aromatic heterocycles. The molecule has 4 atom stereocenters. The van der Waals surface area contributed by atoms with Crippen LogP contribution in [0.3, 0.4) is 0 Å². The molecule has 0 spiro atoms. The van der Waals surface area contributed by atoms with E-state index in [-0.39, 0.29) is 22.6 Å². The van der Waals surface area contributed by atoms with Gasteiger partial charge in [0, 0.05) is 0 Å². The van der Waals surface area contributed by atoms with Gasteiger partial charge in [-0.1, -0.05) is 41.5 Å². The molecule has 1 fully saturated rings. The molecule has 178 valence electrons. The molecule has 1 saturated heterocycles. The largest absolute Gasteiger partial charge is 0.408 e. The van der Waals surface area contributed by atoms with Gasteiger partial charge in [0.25, 0.3) is 0 Å². The lowest BCUT2D eigenvalue weighted by Gasteiger charge is -2.44. The molecule has 0 unspecified atom stereocenters. The van der Waals surface area contributed by atoms with Crippen LogP contribution < -0.4 is 11.4 Å². The molecule has 0 saturated carbocycles. The highest BCUT2D eigenvalue weighted by Crippen LogP contribution is 2.45. The predicted molar refractivity (Wildman–Crippen MR) is 126 cm³/mol. The molecule has 3 N–H and O–H groups in total. The summed E-state index contributed by atoms with van der Waals surface area (Å²) < 4.78 is 20.9. The minimum absolute atomic E-state index is 0.0479. The predicted octanol–water partition coefficient (Wildman–Crippen LogP) is 2.89. The van der Waals surface area contributed by atoms with Gasteiger partial charge in [-0.05, 0) is 36.3 Å². The van der Waals surface area contributed by atoms with E-state index >= 15 is 0 Å². The van der Waals surface area contributed by atoms with Crippen LogP contribution in [-0.4, -0.2) is 61.2 Å². The van der Waals surface area contributed by atoms with Crippen LogP contribution in [-0.2, 0) is 13.6 Å². The minimum atomic E-state index is -2.29. The molecule has 0 aromatic carbocycles. The number of nitrogen functional groups attached to an aromatic ring is 1. The van der Waals surface area contributed by atoms with Gasteiger partial charge in [-0.25, -0.2) is 9.78 Å². The van der Waals surface area contributed by atoms with Crippen LogP contribution in [0.5, 0.6) is 0 Å². The molecule has 0 bridgehead atoms. The highest BCUT2D eigenvalue weighted by molar-refractivity contribution is 6.74. The van der Waals surface area contributed by atoms with Gasteiger partial charge < -0.3 is 24.4 Å². The topological polar surface area (TPSA) is 122 Å². The third kappa shape index (κ3) is 5.45. The van der Waals surface area contributed by atoms with Crippen LogP contribution in [0.1, 0.15) is 47.8 Å². The van der Waals surface area contributed by atoms with Gasteiger partial charge in [0.2, 0.25) is 5.95 Å². The van der Waals surface area contributed by atoms with Crippen LogP contribution >= 0.6 is 0 Å². The van der Waals surface area contributed by atoms with Crippen LogP contribution in [0, 0.1) is 0 Å². The van der Waals surface area contributed by atoms with Crippen molar-refractivity contribution >= 4 is 22.6 Å². The Morgan fingerprint density at radius 1 is 1.06 bits per heavy atom. The number of nitrogens with zero attached hydrogens (tertiary/aromatic N) is 3. The summed E-state index contributed by atoms with van der Waals surface area (Å²) in [7, 11) is -4.52. The van der Waals surface area contributed by atoms with Crippen LogP contribution in [0.25, 0.3) is 0 Å². The molecule has 0 amide bonds. The minimum Gasteiger partial charge on any atom is -0.408 e. The maximum Gasteiger partial charge on any atom is 0.354 e. The van der Waals surface area contributed by atoms with Gasteiger partial charge in [0.1, 0.15) is 24.6 Å². The summed E-state index contributed by atoms with van der Waals surface area (Å²) >= 11 is 0. The van der Waals surface area contributed by atoms with E-state index in [1.54, 1.807) is 0 Å². The first-order chi connectivity index (χ1) is 13.9. The van der Waals surface area contributed by atoms with Gasteiger partial charge in [-0.15, -0.1) is 0 Å².